The minimum atomic E-state index is -3.78. The van der Waals surface area contributed by atoms with E-state index in [0.717, 1.165) is 5.56 Å². The van der Waals surface area contributed by atoms with E-state index in [-0.39, 0.29) is 9.63 Å². The van der Waals surface area contributed by atoms with E-state index in [0.29, 0.717) is 24.7 Å². The third-order valence-electron chi connectivity index (χ3n) is 3.39. The van der Waals surface area contributed by atoms with Crippen LogP contribution in [0.15, 0.2) is 27.8 Å². The molecule has 0 radical (unpaired) electrons. The van der Waals surface area contributed by atoms with Gasteiger partial charge in [0.15, 0.2) is 16.1 Å². The second-order valence-electron chi connectivity index (χ2n) is 5.06. The van der Waals surface area contributed by atoms with E-state index in [9.17, 15) is 8.42 Å². The van der Waals surface area contributed by atoms with Crippen molar-refractivity contribution < 1.29 is 17.9 Å². The number of ether oxygens (including phenoxy) is 2. The van der Waals surface area contributed by atoms with Gasteiger partial charge in [0, 0.05) is 13.1 Å². The third kappa shape index (κ3) is 3.19. The second-order valence-corrected chi connectivity index (χ2v) is 7.44. The highest BCUT2D eigenvalue weighted by atomic mass is 79.9. The lowest BCUT2D eigenvalue weighted by molar-refractivity contribution is 0.171. The summed E-state index contributed by atoms with van der Waals surface area (Å²) in [7, 11) is -2.26. The zero-order chi connectivity index (χ0) is 16.6. The van der Waals surface area contributed by atoms with Crippen LogP contribution in [0.3, 0.4) is 0 Å². The van der Waals surface area contributed by atoms with E-state index >= 15 is 0 Å². The van der Waals surface area contributed by atoms with Gasteiger partial charge in [-0.1, -0.05) is 11.3 Å². The third-order valence-corrected chi connectivity index (χ3v) is 5.82. The van der Waals surface area contributed by atoms with Gasteiger partial charge >= 0.3 is 0 Å². The number of aryl methyl sites for hydroxylation is 1. The van der Waals surface area contributed by atoms with E-state index in [2.05, 4.69) is 31.0 Å². The molecule has 0 saturated heterocycles. The zero-order valence-electron chi connectivity index (χ0n) is 12.5. The largest absolute Gasteiger partial charge is 0.486 e. The Kier molecular flexibility index (Phi) is 4.30. The van der Waals surface area contributed by atoms with Crippen LogP contribution in [0.4, 0.5) is 0 Å². The lowest BCUT2D eigenvalue weighted by atomic mass is 10.1. The maximum atomic E-state index is 12.5. The van der Waals surface area contributed by atoms with Gasteiger partial charge in [-0.2, -0.15) is 0 Å². The number of hydrogen-bond donors (Lipinski definition) is 1. The van der Waals surface area contributed by atoms with Gasteiger partial charge in [0.1, 0.15) is 13.2 Å². The van der Waals surface area contributed by atoms with E-state index < -0.39 is 16.1 Å². The molecule has 1 N–H and O–H groups in total. The number of nitrogens with one attached hydrogen (secondary N) is 1. The topological polar surface area (TPSA) is 95.3 Å². The molecule has 1 aliphatic heterocycles. The van der Waals surface area contributed by atoms with Crippen LogP contribution in [0.2, 0.25) is 0 Å². The van der Waals surface area contributed by atoms with Crippen LogP contribution >= 0.6 is 15.9 Å². The molecule has 1 atom stereocenters. The van der Waals surface area contributed by atoms with Crippen molar-refractivity contribution in [1.82, 2.24) is 19.7 Å². The molecule has 0 fully saturated rings. The molecule has 0 bridgehead atoms. The summed E-state index contributed by atoms with van der Waals surface area (Å²) in [6.07, 6.45) is 0. The summed E-state index contributed by atoms with van der Waals surface area (Å²) in [4.78, 5) is 0. The summed E-state index contributed by atoms with van der Waals surface area (Å²) < 4.78 is 40.0. The first-order valence-corrected chi connectivity index (χ1v) is 9.13. The van der Waals surface area contributed by atoms with Gasteiger partial charge in [-0.05, 0) is 40.5 Å². The average Bonchev–Trinajstić information content (AvgIpc) is 2.86. The first kappa shape index (κ1) is 16.2. The molecule has 2 heterocycles. The van der Waals surface area contributed by atoms with Crippen molar-refractivity contribution in [3.8, 4) is 11.5 Å². The molecule has 10 heteroatoms. The molecule has 0 unspecified atom stereocenters. The van der Waals surface area contributed by atoms with Crippen molar-refractivity contribution in [3.05, 3.63) is 28.4 Å². The van der Waals surface area contributed by atoms with E-state index in [1.165, 1.54) is 11.7 Å². The molecule has 0 amide bonds. The zero-order valence-corrected chi connectivity index (χ0v) is 14.9. The van der Waals surface area contributed by atoms with Gasteiger partial charge in [0.25, 0.3) is 10.0 Å². The van der Waals surface area contributed by atoms with E-state index in [4.69, 9.17) is 9.47 Å². The Balaban J connectivity index is 1.85. The Morgan fingerprint density at radius 3 is 2.65 bits per heavy atom. The van der Waals surface area contributed by atoms with E-state index in [1.54, 1.807) is 25.1 Å². The van der Waals surface area contributed by atoms with Crippen LogP contribution in [0, 0.1) is 0 Å². The number of fused-ring (bicyclic) bond motifs is 1. The standard InChI is InChI=1S/C13H15BrN4O4S/c1-8(9-3-4-10-11(7-9)22-6-5-21-10)16-23(19,20)13-12(14)15-17-18(13)2/h3-4,7-8,16H,5-6H2,1-2H3/t8-/m1/s1. The fraction of sp³-hybridized carbons (Fsp3) is 0.385. The molecule has 8 nitrogen and oxygen atoms in total. The maximum absolute atomic E-state index is 12.5. The summed E-state index contributed by atoms with van der Waals surface area (Å²) in [6.45, 7) is 2.74. The molecule has 2 aromatic rings. The molecule has 3 rings (SSSR count). The molecule has 1 aromatic heterocycles. The normalized spacial score (nSPS) is 15.4. The minimum Gasteiger partial charge on any atom is -0.486 e. The van der Waals surface area contributed by atoms with Crippen molar-refractivity contribution in [2.45, 2.75) is 18.0 Å². The van der Waals surface area contributed by atoms with Gasteiger partial charge in [-0.15, -0.1) is 5.10 Å². The fourth-order valence-electron chi connectivity index (χ4n) is 2.29. The van der Waals surface area contributed by atoms with Crippen molar-refractivity contribution in [3.63, 3.8) is 0 Å². The number of sulfonamides is 1. The monoisotopic (exact) mass is 402 g/mol. The number of rotatable bonds is 4. The molecule has 124 valence electrons. The average molecular weight is 403 g/mol. The number of nitrogens with zero attached hydrogens (tertiary/aromatic N) is 3. The number of benzene rings is 1. The molecular weight excluding hydrogens is 388 g/mol. The molecule has 0 spiro atoms. The van der Waals surface area contributed by atoms with Crippen molar-refractivity contribution in [2.75, 3.05) is 13.2 Å². The van der Waals surface area contributed by atoms with Crippen LogP contribution in [-0.4, -0.2) is 36.6 Å². The van der Waals surface area contributed by atoms with Gasteiger partial charge in [-0.25, -0.2) is 17.8 Å². The summed E-state index contributed by atoms with van der Waals surface area (Å²) >= 11 is 3.10. The fourth-order valence-corrected chi connectivity index (χ4v) is 4.62. The Morgan fingerprint density at radius 2 is 2.00 bits per heavy atom. The summed E-state index contributed by atoms with van der Waals surface area (Å²) in [5.41, 5.74) is 0.768. The highest BCUT2D eigenvalue weighted by Crippen LogP contribution is 2.33. The molecule has 1 aromatic carbocycles. The molecule has 23 heavy (non-hydrogen) atoms. The minimum absolute atomic E-state index is 0.0260. The summed E-state index contributed by atoms with van der Waals surface area (Å²) in [5.74, 6) is 1.27. The van der Waals surface area contributed by atoms with Crippen LogP contribution < -0.4 is 14.2 Å². The van der Waals surface area contributed by atoms with Crippen LogP contribution in [-0.2, 0) is 17.1 Å². The van der Waals surface area contributed by atoms with Crippen LogP contribution in [0.1, 0.15) is 18.5 Å². The van der Waals surface area contributed by atoms with Gasteiger partial charge in [0.05, 0.1) is 0 Å². The van der Waals surface area contributed by atoms with Crippen molar-refractivity contribution >= 4 is 26.0 Å². The Hall–Kier alpha value is -1.65. The number of halogens is 1. The highest BCUT2D eigenvalue weighted by Gasteiger charge is 2.26. The Labute approximate surface area is 142 Å². The van der Waals surface area contributed by atoms with Crippen LogP contribution in [0.5, 0.6) is 11.5 Å². The first-order chi connectivity index (χ1) is 10.9. The Bertz CT molecular complexity index is 817. The van der Waals surface area contributed by atoms with Gasteiger partial charge in [0.2, 0.25) is 5.03 Å². The first-order valence-electron chi connectivity index (χ1n) is 6.85. The SMILES string of the molecule is C[C@@H](NS(=O)(=O)c1c(Br)nnn1C)c1ccc2c(c1)OCCO2. The predicted molar refractivity (Wildman–Crippen MR) is 84.9 cm³/mol. The quantitative estimate of drug-likeness (QED) is 0.829. The predicted octanol–water partition coefficient (Wildman–Crippen LogP) is 1.39. The van der Waals surface area contributed by atoms with Gasteiger partial charge in [-0.3, -0.25) is 0 Å². The highest BCUT2D eigenvalue weighted by molar-refractivity contribution is 9.10. The van der Waals surface area contributed by atoms with Crippen molar-refractivity contribution in [2.24, 2.45) is 7.05 Å². The molecule has 0 saturated carbocycles. The summed E-state index contributed by atoms with van der Waals surface area (Å²) in [6, 6.07) is 4.89. The van der Waals surface area contributed by atoms with E-state index in [1.807, 2.05) is 0 Å². The van der Waals surface area contributed by atoms with Gasteiger partial charge < -0.3 is 9.47 Å². The summed E-state index contributed by atoms with van der Waals surface area (Å²) in [5, 5.41) is 7.35. The second kappa shape index (κ2) is 6.10. The van der Waals surface area contributed by atoms with Crippen molar-refractivity contribution in [1.29, 1.82) is 0 Å². The molecule has 0 aliphatic carbocycles. The number of hydrogen-bond acceptors (Lipinski definition) is 6. The lowest BCUT2D eigenvalue weighted by Crippen LogP contribution is -2.29. The smallest absolute Gasteiger partial charge is 0.261 e. The Morgan fingerprint density at radius 1 is 1.30 bits per heavy atom. The molecular formula is C13H15BrN4O4S. The number of aromatic nitrogens is 3. The maximum Gasteiger partial charge on any atom is 0.261 e. The van der Waals surface area contributed by atoms with Crippen LogP contribution in [0.25, 0.3) is 0 Å². The molecule has 1 aliphatic rings. The lowest BCUT2D eigenvalue weighted by Gasteiger charge is -2.21.